The molecule has 0 amide bonds. The van der Waals surface area contributed by atoms with Crippen molar-refractivity contribution in [3.05, 3.63) is 76.1 Å². The molecule has 156 valence electrons. The Bertz CT molecular complexity index is 1320. The Kier molecular flexibility index (Phi) is 4.70. The van der Waals surface area contributed by atoms with E-state index in [0.717, 1.165) is 47.0 Å². The quantitative estimate of drug-likeness (QED) is 0.543. The van der Waals surface area contributed by atoms with Crippen molar-refractivity contribution in [1.29, 1.82) is 0 Å². The van der Waals surface area contributed by atoms with Crippen LogP contribution in [-0.4, -0.2) is 38.2 Å². The van der Waals surface area contributed by atoms with Gasteiger partial charge in [-0.2, -0.15) is 4.52 Å². The van der Waals surface area contributed by atoms with Gasteiger partial charge in [-0.3, -0.25) is 9.78 Å². The number of hydrogen-bond donors (Lipinski definition) is 1. The monoisotopic (exact) mass is 415 g/mol. The molecule has 0 bridgehead atoms. The normalized spacial score (nSPS) is 13.2. The molecule has 1 aliphatic rings. The minimum absolute atomic E-state index is 0.190. The molecule has 0 saturated carbocycles. The van der Waals surface area contributed by atoms with Gasteiger partial charge >= 0.3 is 0 Å². The molecule has 9 nitrogen and oxygen atoms in total. The maximum atomic E-state index is 12.2. The van der Waals surface area contributed by atoms with Crippen LogP contribution in [0, 0.1) is 6.92 Å². The van der Waals surface area contributed by atoms with E-state index in [1.54, 1.807) is 19.4 Å². The lowest BCUT2D eigenvalue weighted by molar-refractivity contribution is 0.398. The average Bonchev–Trinajstić information content (AvgIpc) is 2.79. The van der Waals surface area contributed by atoms with Gasteiger partial charge in [-0.15, -0.1) is 5.10 Å². The summed E-state index contributed by atoms with van der Waals surface area (Å²) in [6.45, 7) is 3.43. The van der Waals surface area contributed by atoms with Gasteiger partial charge in [0.05, 0.1) is 30.9 Å². The Balaban J connectivity index is 1.42. The number of pyridine rings is 2. The van der Waals surface area contributed by atoms with Gasteiger partial charge in [-0.05, 0) is 36.2 Å². The molecule has 4 aromatic rings. The van der Waals surface area contributed by atoms with Crippen molar-refractivity contribution < 1.29 is 4.74 Å². The lowest BCUT2D eigenvalue weighted by Gasteiger charge is -2.30. The minimum atomic E-state index is -0.190. The third-order valence-corrected chi connectivity index (χ3v) is 5.32. The van der Waals surface area contributed by atoms with Crippen molar-refractivity contribution in [2.75, 3.05) is 23.9 Å². The zero-order valence-electron chi connectivity index (χ0n) is 17.2. The summed E-state index contributed by atoms with van der Waals surface area (Å²) in [5, 5.41) is 7.92. The van der Waals surface area contributed by atoms with Gasteiger partial charge in [0.1, 0.15) is 0 Å². The summed E-state index contributed by atoms with van der Waals surface area (Å²) in [5.41, 5.74) is 5.28. The van der Waals surface area contributed by atoms with Crippen molar-refractivity contribution in [1.82, 2.24) is 24.6 Å². The number of fused-ring (bicyclic) bond motifs is 2. The first kappa shape index (κ1) is 19.0. The summed E-state index contributed by atoms with van der Waals surface area (Å²) in [7, 11) is 1.59. The predicted octanol–water partition coefficient (Wildman–Crippen LogP) is 2.50. The van der Waals surface area contributed by atoms with Gasteiger partial charge in [0.2, 0.25) is 5.88 Å². The average molecular weight is 415 g/mol. The number of hydrogen-bond acceptors (Lipinski definition) is 8. The summed E-state index contributed by atoms with van der Waals surface area (Å²) >= 11 is 0. The van der Waals surface area contributed by atoms with E-state index in [-0.39, 0.29) is 5.56 Å². The second-order valence-electron chi connectivity index (χ2n) is 7.42. The van der Waals surface area contributed by atoms with E-state index in [1.165, 1.54) is 16.8 Å². The maximum Gasteiger partial charge on any atom is 0.274 e. The highest BCUT2D eigenvalue weighted by atomic mass is 16.5. The van der Waals surface area contributed by atoms with Crippen LogP contribution in [0.1, 0.15) is 16.8 Å². The fourth-order valence-electron chi connectivity index (χ4n) is 3.78. The molecule has 0 aromatic carbocycles. The third-order valence-electron chi connectivity index (χ3n) is 5.32. The highest BCUT2D eigenvalue weighted by Gasteiger charge is 2.21. The molecular formula is C22H21N7O2. The van der Waals surface area contributed by atoms with Gasteiger partial charge in [0.25, 0.3) is 5.56 Å². The van der Waals surface area contributed by atoms with Crippen LogP contribution in [0.2, 0.25) is 0 Å². The number of nitrogens with one attached hydrogen (secondary N) is 1. The largest absolute Gasteiger partial charge is 0.481 e. The molecule has 0 fully saturated rings. The summed E-state index contributed by atoms with van der Waals surface area (Å²) in [4.78, 5) is 27.5. The topological polar surface area (TPSA) is 97.5 Å². The standard InChI is InChI=1S/C22H21N7O2/c1-14-9-19-23-7-5-21(30)29(19)27-22(14)28-8-6-18-15(13-28)10-17(12-24-18)26-16-3-4-20(31-2)25-11-16/h3-5,7,9-12,26H,6,8,13H2,1-2H3. The zero-order chi connectivity index (χ0) is 21.4. The molecule has 5 rings (SSSR count). The van der Waals surface area contributed by atoms with E-state index in [4.69, 9.17) is 4.74 Å². The fraction of sp³-hybridized carbons (Fsp3) is 0.227. The SMILES string of the molecule is COc1ccc(Nc2cnc3c(c2)CN(c2nn4c(=O)ccnc4cc2C)CC3)cn1. The van der Waals surface area contributed by atoms with Gasteiger partial charge < -0.3 is 15.0 Å². The molecule has 1 aliphatic heterocycles. The van der Waals surface area contributed by atoms with Crippen LogP contribution in [0.5, 0.6) is 5.88 Å². The van der Waals surface area contributed by atoms with E-state index < -0.39 is 0 Å². The van der Waals surface area contributed by atoms with E-state index >= 15 is 0 Å². The molecule has 0 atom stereocenters. The molecule has 5 heterocycles. The predicted molar refractivity (Wildman–Crippen MR) is 117 cm³/mol. The van der Waals surface area contributed by atoms with Crippen LogP contribution >= 0.6 is 0 Å². The summed E-state index contributed by atoms with van der Waals surface area (Å²) in [5.74, 6) is 1.35. The Hall–Kier alpha value is -4.01. The number of rotatable bonds is 4. The molecule has 0 unspecified atom stereocenters. The first-order valence-corrected chi connectivity index (χ1v) is 9.96. The Morgan fingerprint density at radius 3 is 2.74 bits per heavy atom. The Morgan fingerprint density at radius 1 is 1.06 bits per heavy atom. The summed E-state index contributed by atoms with van der Waals surface area (Å²) < 4.78 is 6.46. The van der Waals surface area contributed by atoms with Gasteiger partial charge in [0, 0.05) is 43.5 Å². The van der Waals surface area contributed by atoms with Gasteiger partial charge in [-0.25, -0.2) is 9.97 Å². The Labute approximate surface area is 178 Å². The van der Waals surface area contributed by atoms with Crippen molar-refractivity contribution in [2.45, 2.75) is 19.9 Å². The maximum absolute atomic E-state index is 12.2. The van der Waals surface area contributed by atoms with Crippen molar-refractivity contribution >= 4 is 22.8 Å². The second kappa shape index (κ2) is 7.67. The van der Waals surface area contributed by atoms with Crippen LogP contribution in [-0.2, 0) is 13.0 Å². The van der Waals surface area contributed by atoms with Crippen LogP contribution in [0.15, 0.2) is 53.7 Å². The van der Waals surface area contributed by atoms with Crippen LogP contribution in [0.25, 0.3) is 5.65 Å². The number of ether oxygens (including phenoxy) is 1. The van der Waals surface area contributed by atoms with Crippen molar-refractivity contribution in [2.24, 2.45) is 0 Å². The lowest BCUT2D eigenvalue weighted by Crippen LogP contribution is -2.33. The van der Waals surface area contributed by atoms with Crippen molar-refractivity contribution in [3.8, 4) is 5.88 Å². The van der Waals surface area contributed by atoms with E-state index in [9.17, 15) is 4.79 Å². The van der Waals surface area contributed by atoms with Gasteiger partial charge in [0.15, 0.2) is 11.5 Å². The lowest BCUT2D eigenvalue weighted by atomic mass is 10.0. The zero-order valence-corrected chi connectivity index (χ0v) is 17.2. The highest BCUT2D eigenvalue weighted by Crippen LogP contribution is 2.27. The number of aryl methyl sites for hydroxylation is 1. The van der Waals surface area contributed by atoms with Crippen LogP contribution in [0.4, 0.5) is 17.2 Å². The number of methoxy groups -OCH3 is 1. The first-order valence-electron chi connectivity index (χ1n) is 9.96. The smallest absolute Gasteiger partial charge is 0.274 e. The first-order chi connectivity index (χ1) is 15.1. The highest BCUT2D eigenvalue weighted by molar-refractivity contribution is 5.60. The number of nitrogens with zero attached hydrogens (tertiary/aromatic N) is 6. The number of anilines is 3. The summed E-state index contributed by atoms with van der Waals surface area (Å²) in [6, 6.07) is 9.13. The molecule has 4 aromatic heterocycles. The van der Waals surface area contributed by atoms with Crippen LogP contribution in [0.3, 0.4) is 0 Å². The third kappa shape index (κ3) is 3.65. The van der Waals surface area contributed by atoms with Gasteiger partial charge in [-0.1, -0.05) is 0 Å². The second-order valence-corrected chi connectivity index (χ2v) is 7.42. The fourth-order valence-corrected chi connectivity index (χ4v) is 3.78. The molecule has 1 N–H and O–H groups in total. The molecule has 9 heteroatoms. The van der Waals surface area contributed by atoms with Crippen LogP contribution < -0.4 is 20.5 Å². The molecule has 0 aliphatic carbocycles. The summed E-state index contributed by atoms with van der Waals surface area (Å²) in [6.07, 6.45) is 5.87. The van der Waals surface area contributed by atoms with E-state index in [0.29, 0.717) is 18.1 Å². The van der Waals surface area contributed by atoms with E-state index in [2.05, 4.69) is 36.3 Å². The molecular weight excluding hydrogens is 394 g/mol. The molecule has 0 radical (unpaired) electrons. The number of aromatic nitrogens is 5. The van der Waals surface area contributed by atoms with Crippen molar-refractivity contribution in [3.63, 3.8) is 0 Å². The molecule has 0 spiro atoms. The Morgan fingerprint density at radius 2 is 1.94 bits per heavy atom. The minimum Gasteiger partial charge on any atom is -0.481 e. The molecule has 31 heavy (non-hydrogen) atoms. The molecule has 0 saturated heterocycles. The van der Waals surface area contributed by atoms with E-state index in [1.807, 2.05) is 25.3 Å².